The number of aliphatic carboxylic acids is 1. The van der Waals surface area contributed by atoms with Gasteiger partial charge in [0.1, 0.15) is 25.0 Å². The predicted molar refractivity (Wildman–Crippen MR) is 78.1 cm³/mol. The van der Waals surface area contributed by atoms with Gasteiger partial charge in [-0.15, -0.1) is 0 Å². The van der Waals surface area contributed by atoms with Gasteiger partial charge in [-0.1, -0.05) is 37.3 Å². The van der Waals surface area contributed by atoms with Crippen LogP contribution in [0.4, 0.5) is 4.79 Å². The fourth-order valence-corrected chi connectivity index (χ4v) is 3.24. The minimum absolute atomic E-state index is 0.0746. The Kier molecular flexibility index (Phi) is 4.32. The van der Waals surface area contributed by atoms with Gasteiger partial charge >= 0.3 is 12.1 Å². The normalized spacial score (nSPS) is 28.3. The zero-order valence-electron chi connectivity index (χ0n) is 12.5. The summed E-state index contributed by atoms with van der Waals surface area (Å²) in [5, 5.41) is 19.2. The first-order chi connectivity index (χ1) is 10.3. The highest BCUT2D eigenvalue weighted by atomic mass is 16.4. The number of likely N-dealkylation sites (tertiary alicyclic amines) is 1. The number of hydrogen-bond acceptors (Lipinski definition) is 3. The van der Waals surface area contributed by atoms with E-state index in [1.807, 2.05) is 6.07 Å². The number of hydrogen-bond donors (Lipinski definition) is 2. The summed E-state index contributed by atoms with van der Waals surface area (Å²) in [4.78, 5) is 35.7. The van der Waals surface area contributed by atoms with E-state index in [1.54, 1.807) is 31.2 Å². The Morgan fingerprint density at radius 2 is 1.86 bits per heavy atom. The third kappa shape index (κ3) is 2.87. The minimum Gasteiger partial charge on any atom is -0.481 e. The van der Waals surface area contributed by atoms with E-state index in [-0.39, 0.29) is 38.3 Å². The molecule has 2 atom stereocenters. The Hall–Kier alpha value is -2.21. The van der Waals surface area contributed by atoms with Crippen LogP contribution in [0.2, 0.25) is 0 Å². The van der Waals surface area contributed by atoms with Crippen molar-refractivity contribution in [1.29, 1.82) is 0 Å². The standard InChI is InChI=1S/C16H19NO5/c1-2-16(14(19)20)8-13(18)10-17(11-16,15(21)22)9-12-6-4-3-5-7-12/h3-7H,2,8-11H2,1H3,(H-,19,20,21,22)/p+1. The van der Waals surface area contributed by atoms with Crippen molar-refractivity contribution in [2.24, 2.45) is 5.41 Å². The quantitative estimate of drug-likeness (QED) is 0.831. The van der Waals surface area contributed by atoms with Gasteiger partial charge in [0.15, 0.2) is 5.78 Å². The molecule has 1 saturated heterocycles. The van der Waals surface area contributed by atoms with Gasteiger partial charge in [-0.25, -0.2) is 4.48 Å². The van der Waals surface area contributed by atoms with Crippen LogP contribution >= 0.6 is 0 Å². The summed E-state index contributed by atoms with van der Waals surface area (Å²) in [6.07, 6.45) is -1.02. The number of benzene rings is 1. The van der Waals surface area contributed by atoms with Crippen molar-refractivity contribution >= 4 is 17.8 Å². The van der Waals surface area contributed by atoms with Crippen molar-refractivity contribution in [3.8, 4) is 0 Å². The number of ketones is 1. The largest absolute Gasteiger partial charge is 0.514 e. The molecule has 1 amide bonds. The van der Waals surface area contributed by atoms with E-state index < -0.39 is 22.0 Å². The second-order valence-electron chi connectivity index (χ2n) is 6.04. The van der Waals surface area contributed by atoms with Crippen molar-refractivity contribution in [2.45, 2.75) is 26.3 Å². The van der Waals surface area contributed by atoms with Crippen molar-refractivity contribution in [3.63, 3.8) is 0 Å². The fraction of sp³-hybridized carbons (Fsp3) is 0.438. The van der Waals surface area contributed by atoms with Crippen LogP contribution in [0.3, 0.4) is 0 Å². The summed E-state index contributed by atoms with van der Waals surface area (Å²) >= 11 is 0. The number of carbonyl (C=O) groups is 3. The molecule has 0 aromatic heterocycles. The average Bonchev–Trinajstić information content (AvgIpc) is 2.47. The van der Waals surface area contributed by atoms with Crippen LogP contribution in [0.15, 0.2) is 30.3 Å². The monoisotopic (exact) mass is 306 g/mol. The summed E-state index contributed by atoms with van der Waals surface area (Å²) in [6, 6.07) is 8.99. The highest BCUT2D eigenvalue weighted by Crippen LogP contribution is 2.37. The van der Waals surface area contributed by atoms with E-state index in [2.05, 4.69) is 0 Å². The Bertz CT molecular complexity index is 600. The SMILES string of the molecule is CCC1(C(=O)O)CC(=O)C[N+](Cc2ccccc2)(C(=O)O)C1. The highest BCUT2D eigenvalue weighted by molar-refractivity contribution is 5.89. The third-order valence-electron chi connectivity index (χ3n) is 4.48. The van der Waals surface area contributed by atoms with Crippen LogP contribution in [0.5, 0.6) is 0 Å². The first-order valence-corrected chi connectivity index (χ1v) is 7.22. The van der Waals surface area contributed by atoms with Crippen molar-refractivity contribution < 1.29 is 29.1 Å². The van der Waals surface area contributed by atoms with E-state index in [0.29, 0.717) is 0 Å². The highest BCUT2D eigenvalue weighted by Gasteiger charge is 2.55. The van der Waals surface area contributed by atoms with Crippen molar-refractivity contribution in [2.75, 3.05) is 13.1 Å². The van der Waals surface area contributed by atoms with Crippen LogP contribution in [-0.4, -0.2) is 45.6 Å². The van der Waals surface area contributed by atoms with Gasteiger partial charge in [0.2, 0.25) is 0 Å². The molecule has 2 rings (SSSR count). The minimum atomic E-state index is -1.30. The third-order valence-corrected chi connectivity index (χ3v) is 4.48. The van der Waals surface area contributed by atoms with E-state index in [4.69, 9.17) is 0 Å². The fourth-order valence-electron chi connectivity index (χ4n) is 3.24. The number of piperidine rings is 1. The summed E-state index contributed by atoms with van der Waals surface area (Å²) in [5.41, 5.74) is -0.530. The molecule has 22 heavy (non-hydrogen) atoms. The Morgan fingerprint density at radius 3 is 2.36 bits per heavy atom. The molecule has 1 fully saturated rings. The van der Waals surface area contributed by atoms with Crippen LogP contribution < -0.4 is 0 Å². The number of carbonyl (C=O) groups excluding carboxylic acids is 1. The van der Waals surface area contributed by atoms with Crippen molar-refractivity contribution in [3.05, 3.63) is 35.9 Å². The molecule has 2 unspecified atom stereocenters. The molecule has 1 aromatic carbocycles. The van der Waals surface area contributed by atoms with Gasteiger partial charge in [0, 0.05) is 12.0 Å². The molecule has 118 valence electrons. The molecule has 0 bridgehead atoms. The van der Waals surface area contributed by atoms with Gasteiger partial charge in [-0.2, -0.15) is 4.79 Å². The average molecular weight is 306 g/mol. The van der Waals surface area contributed by atoms with E-state index >= 15 is 0 Å². The van der Waals surface area contributed by atoms with Gasteiger partial charge in [-0.05, 0) is 6.42 Å². The smallest absolute Gasteiger partial charge is 0.481 e. The molecular weight excluding hydrogens is 286 g/mol. The van der Waals surface area contributed by atoms with E-state index in [0.717, 1.165) is 5.56 Å². The predicted octanol–water partition coefficient (Wildman–Crippen LogP) is 2.14. The molecule has 0 radical (unpaired) electrons. The van der Waals surface area contributed by atoms with Crippen LogP contribution in [0.1, 0.15) is 25.3 Å². The number of Topliss-reactive ketones (excluding diaryl/α,β-unsaturated/α-hetero) is 1. The first-order valence-electron chi connectivity index (χ1n) is 7.22. The van der Waals surface area contributed by atoms with Gasteiger partial charge < -0.3 is 10.2 Å². The molecule has 0 spiro atoms. The lowest BCUT2D eigenvalue weighted by molar-refractivity contribution is -0.871. The second kappa shape index (κ2) is 5.88. The lowest BCUT2D eigenvalue weighted by Gasteiger charge is -2.43. The topological polar surface area (TPSA) is 91.7 Å². The molecule has 1 heterocycles. The molecule has 1 aromatic rings. The molecule has 6 heteroatoms. The molecule has 1 aliphatic rings. The molecular formula is C16H20NO5+. The summed E-state index contributed by atoms with van der Waals surface area (Å²) in [7, 11) is 0. The van der Waals surface area contributed by atoms with Crippen molar-refractivity contribution in [1.82, 2.24) is 0 Å². The first kappa shape index (κ1) is 16.2. The zero-order chi connectivity index (χ0) is 16.4. The summed E-state index contributed by atoms with van der Waals surface area (Å²) < 4.78 is -0.553. The van der Waals surface area contributed by atoms with Gasteiger partial charge in [0.05, 0.1) is 0 Å². The van der Waals surface area contributed by atoms with E-state index in [9.17, 15) is 24.6 Å². The molecule has 0 saturated carbocycles. The van der Waals surface area contributed by atoms with Crippen LogP contribution in [-0.2, 0) is 16.1 Å². The lowest BCUT2D eigenvalue weighted by atomic mass is 9.76. The lowest BCUT2D eigenvalue weighted by Crippen LogP contribution is -2.64. The molecule has 0 aliphatic carbocycles. The Morgan fingerprint density at radius 1 is 1.23 bits per heavy atom. The van der Waals surface area contributed by atoms with Crippen LogP contribution in [0.25, 0.3) is 0 Å². The second-order valence-corrected chi connectivity index (χ2v) is 6.04. The maximum atomic E-state index is 12.1. The van der Waals surface area contributed by atoms with E-state index in [1.165, 1.54) is 0 Å². The van der Waals surface area contributed by atoms with Gasteiger partial charge in [0.25, 0.3) is 0 Å². The molecule has 2 N–H and O–H groups in total. The van der Waals surface area contributed by atoms with Gasteiger partial charge in [-0.3, -0.25) is 9.59 Å². The number of quaternary nitrogens is 1. The molecule has 1 aliphatic heterocycles. The molecule has 6 nitrogen and oxygen atoms in total. The number of carboxylic acid groups (broad SMARTS) is 2. The number of carboxylic acids is 1. The zero-order valence-corrected chi connectivity index (χ0v) is 12.5. The number of rotatable bonds is 4. The number of amides is 1. The maximum Gasteiger partial charge on any atom is 0.514 e. The summed E-state index contributed by atoms with van der Waals surface area (Å²) in [5.74, 6) is -1.41. The Labute approximate surface area is 128 Å². The maximum absolute atomic E-state index is 12.1. The Balaban J connectivity index is 2.43. The number of nitrogens with zero attached hydrogens (tertiary/aromatic N) is 1. The summed E-state index contributed by atoms with van der Waals surface area (Å²) in [6.45, 7) is 1.55. The van der Waals surface area contributed by atoms with Crippen LogP contribution in [0, 0.1) is 5.41 Å².